The Balaban J connectivity index is 3.02. The van der Waals surface area contributed by atoms with E-state index >= 15 is 0 Å². The fourth-order valence-corrected chi connectivity index (χ4v) is 5.01. The second-order valence-corrected chi connectivity index (χ2v) is 9.74. The Bertz CT molecular complexity index is 821. The molecule has 0 aliphatic rings. The topological polar surface area (TPSA) is 42.5 Å². The van der Waals surface area contributed by atoms with Gasteiger partial charge in [-0.1, -0.05) is 6.92 Å². The van der Waals surface area contributed by atoms with Crippen molar-refractivity contribution < 1.29 is 9.47 Å². The van der Waals surface area contributed by atoms with Gasteiger partial charge in [0.2, 0.25) is 0 Å². The molecule has 2 N–H and O–H groups in total. The number of ether oxygens (including phenoxy) is 2. The fraction of sp³-hybridized carbons (Fsp3) is 0.645. The van der Waals surface area contributed by atoms with Crippen LogP contribution in [0.15, 0.2) is 41.6 Å². The van der Waals surface area contributed by atoms with Gasteiger partial charge < -0.3 is 0 Å². The quantitative estimate of drug-likeness (QED) is 0.116. The van der Waals surface area contributed by atoms with Crippen molar-refractivity contribution >= 4 is 13.5 Å². The van der Waals surface area contributed by atoms with Crippen LogP contribution in [0.2, 0.25) is 0 Å². The van der Waals surface area contributed by atoms with Crippen molar-refractivity contribution in [2.45, 2.75) is 91.4 Å². The first-order valence-corrected chi connectivity index (χ1v) is 14.1. The molecule has 1 unspecified atom stereocenters. The summed E-state index contributed by atoms with van der Waals surface area (Å²) >= 11 is 0. The van der Waals surface area contributed by atoms with Crippen LogP contribution in [0, 0.1) is 0 Å². The van der Waals surface area contributed by atoms with Crippen molar-refractivity contribution in [2.75, 3.05) is 40.0 Å². The van der Waals surface area contributed by atoms with Gasteiger partial charge >= 0.3 is 216 Å². The van der Waals surface area contributed by atoms with E-state index in [1.165, 1.54) is 16.7 Å². The van der Waals surface area contributed by atoms with Crippen LogP contribution in [0.4, 0.5) is 0 Å². The van der Waals surface area contributed by atoms with Crippen LogP contribution in [0.1, 0.15) is 97.1 Å². The summed E-state index contributed by atoms with van der Waals surface area (Å²) in [6.07, 6.45) is 8.30. The molecule has 0 aliphatic carbocycles. The minimum atomic E-state index is 0.00255. The zero-order chi connectivity index (χ0) is 26.8. The predicted octanol–water partition coefficient (Wildman–Crippen LogP) is 6.48. The van der Waals surface area contributed by atoms with Gasteiger partial charge in [-0.25, -0.2) is 0 Å². The van der Waals surface area contributed by atoms with Crippen LogP contribution >= 0.6 is 0 Å². The van der Waals surface area contributed by atoms with E-state index in [4.69, 9.17) is 17.0 Å². The van der Waals surface area contributed by atoms with E-state index in [1.807, 2.05) is 7.05 Å². The Kier molecular flexibility index (Phi) is 16.5. The summed E-state index contributed by atoms with van der Waals surface area (Å²) in [5, 5.41) is 7.01. The van der Waals surface area contributed by atoms with Gasteiger partial charge in [0.15, 0.2) is 0 Å². The van der Waals surface area contributed by atoms with E-state index in [2.05, 4.69) is 70.0 Å². The number of hydrogen-bond acceptors (Lipinski definition) is 4. The standard InChI is InChI=1S/C31H52BN2O2/c1-8-13-25(5)29(10-3)26(6)34-19-17-31(11-4,16-18-33-7)30-15-14-28(23-27(30)24-32)36-22-12-21-35-20-9-2/h14-15,23-24,33-34H,6,8-13,16-22H2,1-5,7H3/b29-25+. The molecule has 201 valence electrons. The molecule has 0 bridgehead atoms. The number of nitrogens with one attached hydrogen (secondary N) is 2. The number of rotatable bonds is 21. The van der Waals surface area contributed by atoms with E-state index < -0.39 is 0 Å². The van der Waals surface area contributed by atoms with E-state index in [-0.39, 0.29) is 5.41 Å². The van der Waals surface area contributed by atoms with Crippen molar-refractivity contribution in [1.82, 2.24) is 10.6 Å². The Morgan fingerprint density at radius 3 is 2.42 bits per heavy atom. The molecule has 0 amide bonds. The van der Waals surface area contributed by atoms with Gasteiger partial charge in [0.25, 0.3) is 0 Å². The first-order valence-electron chi connectivity index (χ1n) is 14.1. The molecular formula is C31H52BN2O2. The summed E-state index contributed by atoms with van der Waals surface area (Å²) in [5.74, 6) is 2.59. The van der Waals surface area contributed by atoms with E-state index in [0.29, 0.717) is 6.61 Å². The van der Waals surface area contributed by atoms with Crippen LogP contribution in [-0.4, -0.2) is 53.4 Å². The first-order chi connectivity index (χ1) is 17.4. The van der Waals surface area contributed by atoms with Gasteiger partial charge in [-0.2, -0.15) is 0 Å². The molecule has 1 aromatic rings. The molecule has 4 nitrogen and oxygen atoms in total. The molecule has 36 heavy (non-hydrogen) atoms. The van der Waals surface area contributed by atoms with Crippen LogP contribution in [-0.2, 0) is 10.2 Å². The van der Waals surface area contributed by atoms with E-state index in [0.717, 1.165) is 94.7 Å². The molecule has 0 spiro atoms. The summed E-state index contributed by atoms with van der Waals surface area (Å²) in [6.45, 7) is 19.5. The molecule has 1 rings (SSSR count). The number of benzene rings is 1. The Hall–Kier alpha value is -1.85. The van der Waals surface area contributed by atoms with Gasteiger partial charge in [-0.3, -0.25) is 0 Å². The molecule has 0 fully saturated rings. The molecule has 1 aromatic carbocycles. The number of hydrogen-bond donors (Lipinski definition) is 2. The van der Waals surface area contributed by atoms with Crippen molar-refractivity contribution in [1.29, 1.82) is 0 Å². The van der Waals surface area contributed by atoms with Gasteiger partial charge in [0.05, 0.1) is 0 Å². The third kappa shape index (κ3) is 10.3. The molecule has 5 heteroatoms. The Labute approximate surface area is 223 Å². The molecule has 1 atom stereocenters. The second-order valence-electron chi connectivity index (χ2n) is 9.74. The molecule has 0 saturated carbocycles. The third-order valence-corrected chi connectivity index (χ3v) is 7.15. The average molecular weight is 496 g/mol. The van der Waals surface area contributed by atoms with Crippen molar-refractivity contribution in [3.05, 3.63) is 52.7 Å². The van der Waals surface area contributed by atoms with Crippen LogP contribution in [0.3, 0.4) is 0 Å². The van der Waals surface area contributed by atoms with Crippen LogP contribution in [0.5, 0.6) is 5.75 Å². The van der Waals surface area contributed by atoms with Crippen molar-refractivity contribution in [3.8, 4) is 5.75 Å². The maximum absolute atomic E-state index is 6.15. The molecule has 0 aliphatic heterocycles. The molecule has 1 radical (unpaired) electrons. The summed E-state index contributed by atoms with van der Waals surface area (Å²) in [4.78, 5) is 0. The van der Waals surface area contributed by atoms with Gasteiger partial charge in [0.1, 0.15) is 0 Å². The molecule has 0 heterocycles. The minimum Gasteiger partial charge on any atom is -0.0651 e. The van der Waals surface area contributed by atoms with Gasteiger partial charge in [-0.05, 0) is 0 Å². The summed E-state index contributed by atoms with van der Waals surface area (Å²) in [6, 6.07) is 6.40. The SMILES string of the molecule is [B]=Cc1cc(OCCCOCCC)ccc1C(CC)(CCNC)CCNC(=C)/C(CC)=C(\C)CCC. The molecule has 0 aromatic heterocycles. The van der Waals surface area contributed by atoms with Crippen molar-refractivity contribution in [2.24, 2.45) is 0 Å². The van der Waals surface area contributed by atoms with Gasteiger partial charge in [-0.15, -0.1) is 0 Å². The molecular weight excluding hydrogens is 443 g/mol. The predicted molar refractivity (Wildman–Crippen MR) is 159 cm³/mol. The maximum atomic E-state index is 6.15. The van der Waals surface area contributed by atoms with E-state index in [9.17, 15) is 0 Å². The zero-order valence-corrected chi connectivity index (χ0v) is 24.1. The Morgan fingerprint density at radius 1 is 1.06 bits per heavy atom. The summed E-state index contributed by atoms with van der Waals surface area (Å²) in [7, 11) is 8.17. The summed E-state index contributed by atoms with van der Waals surface area (Å²) < 4.78 is 11.6. The monoisotopic (exact) mass is 495 g/mol. The number of allylic oxidation sites excluding steroid dienone is 2. The summed E-state index contributed by atoms with van der Waals surface area (Å²) in [5.41, 5.74) is 6.23. The third-order valence-electron chi connectivity index (χ3n) is 7.15. The second kappa shape index (κ2) is 18.4. The molecule has 0 saturated heterocycles. The smallest absolute Gasteiger partial charge is 0.0651 e. The first kappa shape index (κ1) is 32.2. The van der Waals surface area contributed by atoms with E-state index in [1.54, 1.807) is 5.97 Å². The minimum absolute atomic E-state index is 0.00255. The van der Waals surface area contributed by atoms with Crippen LogP contribution < -0.4 is 15.4 Å². The van der Waals surface area contributed by atoms with Gasteiger partial charge in [0, 0.05) is 0 Å². The Morgan fingerprint density at radius 2 is 1.81 bits per heavy atom. The zero-order valence-electron chi connectivity index (χ0n) is 24.1. The fourth-order valence-electron chi connectivity index (χ4n) is 5.01. The van der Waals surface area contributed by atoms with Crippen molar-refractivity contribution in [3.63, 3.8) is 0 Å². The normalized spacial score (nSPS) is 13.6. The average Bonchev–Trinajstić information content (AvgIpc) is 2.88. The van der Waals surface area contributed by atoms with Crippen LogP contribution in [0.25, 0.3) is 0 Å².